The van der Waals surface area contributed by atoms with Crippen molar-refractivity contribution in [3.63, 3.8) is 0 Å². The molecule has 8 N–H and O–H groups in total. The van der Waals surface area contributed by atoms with Crippen LogP contribution < -0.4 is 32.3 Å². The number of esters is 8. The minimum Gasteiger partial charge on any atom is -0.480 e. The molecule has 2 saturated heterocycles. The van der Waals surface area contributed by atoms with E-state index in [1.54, 1.807) is 48.5 Å². The predicted molar refractivity (Wildman–Crippen MR) is 291 cm³/mol. The topological polar surface area (TPSA) is 438 Å². The summed E-state index contributed by atoms with van der Waals surface area (Å²) in [5.41, 5.74) is 7.52. The first-order valence-corrected chi connectivity index (χ1v) is 27.1. The fourth-order valence-electron chi connectivity index (χ4n) is 9.26. The Balaban J connectivity index is 1.43. The number of benzene rings is 2. The van der Waals surface area contributed by atoms with Gasteiger partial charge in [-0.15, -0.1) is 0 Å². The molecule has 0 spiro atoms. The molecule has 0 unspecified atom stereocenters. The van der Waals surface area contributed by atoms with Gasteiger partial charge in [-0.25, -0.2) is 0 Å². The maximum atomic E-state index is 13.5. The summed E-state index contributed by atoms with van der Waals surface area (Å²) >= 11 is 0. The summed E-state index contributed by atoms with van der Waals surface area (Å²) in [7, 11) is 0. The average Bonchev–Trinajstić information content (AvgIpc) is 1.02. The maximum absolute atomic E-state index is 13.5. The van der Waals surface area contributed by atoms with Crippen LogP contribution in [0, 0.1) is 0 Å². The Bertz CT molecular complexity index is 2830. The van der Waals surface area contributed by atoms with E-state index in [9.17, 15) is 72.2 Å². The Labute approximate surface area is 498 Å². The van der Waals surface area contributed by atoms with Gasteiger partial charge in [-0.1, -0.05) is 48.5 Å². The summed E-state index contributed by atoms with van der Waals surface area (Å²) in [6.07, 6.45) is -13.1. The highest BCUT2D eigenvalue weighted by Gasteiger charge is 2.53. The fourth-order valence-corrected chi connectivity index (χ4v) is 9.26. The molecule has 2 aliphatic heterocycles. The van der Waals surface area contributed by atoms with E-state index < -0.39 is 196 Å². The lowest BCUT2D eigenvalue weighted by molar-refractivity contribution is -0.252. The lowest BCUT2D eigenvalue weighted by Gasteiger charge is -2.44. The van der Waals surface area contributed by atoms with Gasteiger partial charge in [0.15, 0.2) is 36.6 Å². The number of carboxylic acid groups (broad SMARTS) is 1. The molecule has 476 valence electrons. The van der Waals surface area contributed by atoms with Gasteiger partial charge in [-0.3, -0.25) is 67.1 Å². The second-order valence-electron chi connectivity index (χ2n) is 20.0. The summed E-state index contributed by atoms with van der Waals surface area (Å²) in [6, 6.07) is 10.0. The lowest BCUT2D eigenvalue weighted by Crippen LogP contribution is -2.62. The van der Waals surface area contributed by atoms with Crippen molar-refractivity contribution in [1.29, 1.82) is 0 Å². The second-order valence-corrected chi connectivity index (χ2v) is 20.0. The van der Waals surface area contributed by atoms with Crippen LogP contribution in [0.15, 0.2) is 48.5 Å². The fraction of sp³-hybridized carbons (Fsp3) is 0.536. The van der Waals surface area contributed by atoms with Crippen LogP contribution >= 0.6 is 0 Å². The zero-order valence-corrected chi connectivity index (χ0v) is 48.9. The molecular formula is C56H72N6O25. The van der Waals surface area contributed by atoms with Crippen molar-refractivity contribution in [1.82, 2.24) is 26.6 Å². The van der Waals surface area contributed by atoms with E-state index in [1.807, 2.05) is 0 Å². The van der Waals surface area contributed by atoms with E-state index >= 15 is 0 Å². The largest absolute Gasteiger partial charge is 0.480 e. The molecule has 2 heterocycles. The van der Waals surface area contributed by atoms with Gasteiger partial charge in [0.2, 0.25) is 29.5 Å². The Morgan fingerprint density at radius 3 is 1.06 bits per heavy atom. The van der Waals surface area contributed by atoms with Crippen molar-refractivity contribution >= 4 is 83.3 Å². The highest BCUT2D eigenvalue weighted by atomic mass is 16.7. The predicted octanol–water partition coefficient (Wildman–Crippen LogP) is -2.83. The molecule has 0 aliphatic carbocycles. The molecule has 87 heavy (non-hydrogen) atoms. The monoisotopic (exact) mass is 1230 g/mol. The van der Waals surface area contributed by atoms with Crippen LogP contribution in [0.4, 0.5) is 0 Å². The molecule has 0 radical (unpaired) electrons. The van der Waals surface area contributed by atoms with Gasteiger partial charge >= 0.3 is 53.7 Å². The van der Waals surface area contributed by atoms with Crippen LogP contribution in [0.25, 0.3) is 0 Å². The van der Waals surface area contributed by atoms with Gasteiger partial charge in [0, 0.05) is 81.1 Å². The summed E-state index contributed by atoms with van der Waals surface area (Å²) < 4.78 is 55.7. The number of aliphatic carboxylic acids is 1. The van der Waals surface area contributed by atoms with E-state index in [1.165, 1.54) is 0 Å². The molecule has 0 bridgehead atoms. The van der Waals surface area contributed by atoms with Crippen molar-refractivity contribution in [2.45, 2.75) is 154 Å². The first-order valence-electron chi connectivity index (χ1n) is 27.1. The number of nitrogens with one attached hydrogen (secondary N) is 5. The molecule has 12 atom stereocenters. The van der Waals surface area contributed by atoms with Crippen molar-refractivity contribution in [3.8, 4) is 0 Å². The summed E-state index contributed by atoms with van der Waals surface area (Å²) in [6.45, 7) is 5.24. The van der Waals surface area contributed by atoms with Gasteiger partial charge in [0.25, 0.3) is 0 Å². The average molecular weight is 1230 g/mol. The Hall–Kier alpha value is -9.10. The molecule has 2 fully saturated rings. The molecule has 2 aliphatic rings. The quantitative estimate of drug-likeness (QED) is 0.0319. The molecule has 31 nitrogen and oxygen atoms in total. The smallest absolute Gasteiger partial charge is 0.322 e. The van der Waals surface area contributed by atoms with Gasteiger partial charge in [-0.05, 0) is 22.3 Å². The second kappa shape index (κ2) is 34.1. The Kier molecular flexibility index (Phi) is 27.6. The number of nitrogens with two attached hydrogens (primary N) is 1. The molecule has 2 aromatic rings. The molecule has 0 saturated carbocycles. The minimum atomic E-state index is -1.41. The number of carbonyl (C=O) groups is 14. The third-order valence-corrected chi connectivity index (χ3v) is 12.7. The third kappa shape index (κ3) is 24.1. The number of hydrogen-bond donors (Lipinski definition) is 7. The van der Waals surface area contributed by atoms with E-state index in [0.29, 0.717) is 22.3 Å². The summed E-state index contributed by atoms with van der Waals surface area (Å²) in [4.78, 5) is 174. The Morgan fingerprint density at radius 1 is 0.414 bits per heavy atom. The van der Waals surface area contributed by atoms with Crippen molar-refractivity contribution < 1.29 is 120 Å². The van der Waals surface area contributed by atoms with Gasteiger partial charge < -0.3 is 84.8 Å². The molecule has 0 aromatic heterocycles. The first-order chi connectivity index (χ1) is 41.0. The Morgan fingerprint density at radius 2 is 0.724 bits per heavy atom. The van der Waals surface area contributed by atoms with Crippen LogP contribution in [-0.2, 0) is 140 Å². The van der Waals surface area contributed by atoms with Gasteiger partial charge in [0.05, 0.1) is 19.6 Å². The van der Waals surface area contributed by atoms with Crippen molar-refractivity contribution in [2.75, 3.05) is 39.4 Å². The normalized spacial score (nSPS) is 21.9. The molecule has 5 amide bonds. The number of amides is 5. The van der Waals surface area contributed by atoms with E-state index in [-0.39, 0.29) is 25.7 Å². The maximum Gasteiger partial charge on any atom is 0.322 e. The molecule has 31 heteroatoms. The van der Waals surface area contributed by atoms with Gasteiger partial charge in [-0.2, -0.15) is 0 Å². The summed E-state index contributed by atoms with van der Waals surface area (Å²) in [5.74, 6) is -11.8. The van der Waals surface area contributed by atoms with E-state index in [0.717, 1.165) is 55.4 Å². The zero-order chi connectivity index (χ0) is 64.7. The van der Waals surface area contributed by atoms with Crippen LogP contribution in [0.3, 0.4) is 0 Å². The highest BCUT2D eigenvalue weighted by molar-refractivity contribution is 5.93. The van der Waals surface area contributed by atoms with Crippen LogP contribution in [-0.4, -0.2) is 201 Å². The van der Waals surface area contributed by atoms with Gasteiger partial charge in [0.1, 0.15) is 56.3 Å². The number of carbonyl (C=O) groups excluding carboxylic acids is 13. The molecule has 4 rings (SSSR count). The lowest BCUT2D eigenvalue weighted by atomic mass is 9.90. The number of carboxylic acids is 1. The van der Waals surface area contributed by atoms with Crippen molar-refractivity contribution in [3.05, 3.63) is 70.8 Å². The van der Waals surface area contributed by atoms with E-state index in [2.05, 4.69) is 26.6 Å². The standard InChI is InChI=1S/C56H72N6O25/c1-27(63)78-25-43-51(82-31(5)67)53(84-33(7)69)49(80-29(3)65)41(86-43)19-37-13-9-35(10-14-37)17-39(61-45(71)21-57)55(76)59-22-46(72)58-23-47(73)62-40(56(77)60-24-48(74)75)18-36-11-15-38(16-12-36)20-42-50(81-30(4)66)54(85-34(8)70)52(83-32(6)68)44(87-42)26-79-28(2)64/h9-16,39-44,49-54H,17-26,57H2,1-8H3,(H,58,72)(H,59,76)(H,60,77)(H,61,71)(H,62,73)(H,74,75)/t39-,40-,41+,42+,43+,44+,49+,50+,51+,52+,53+,54+/m0/s1. The molecule has 2 aromatic carbocycles. The summed E-state index contributed by atoms with van der Waals surface area (Å²) in [5, 5.41) is 21.1. The van der Waals surface area contributed by atoms with Crippen LogP contribution in [0.5, 0.6) is 0 Å². The number of rotatable bonds is 29. The highest BCUT2D eigenvalue weighted by Crippen LogP contribution is 2.33. The zero-order valence-electron chi connectivity index (χ0n) is 48.9. The van der Waals surface area contributed by atoms with Crippen molar-refractivity contribution in [2.24, 2.45) is 5.73 Å². The number of ether oxygens (including phenoxy) is 10. The number of hydrogen-bond acceptors (Lipinski definition) is 25. The third-order valence-electron chi connectivity index (χ3n) is 12.7. The molecular weight excluding hydrogens is 1160 g/mol. The first kappa shape index (κ1) is 70.4. The minimum absolute atomic E-state index is 0.0104. The SMILES string of the molecule is CC(=O)OC[C@H]1O[C@H](Cc2ccc(C[C@H](NC(=O)CN)C(=O)NCC(=O)NCC(=O)N[C@@H](Cc3ccc(C[C@H]4O[C@H](COC(C)=O)[C@@H](OC(C)=O)[C@H](OC(C)=O)[C@@H]4OC(C)=O)cc3)C(=O)NCC(=O)O)cc2)[C@@H](OC(C)=O)[C@@H](OC(C)=O)[C@@H]1OC(C)=O. The van der Waals surface area contributed by atoms with E-state index in [4.69, 9.17) is 53.1 Å². The van der Waals surface area contributed by atoms with Crippen LogP contribution in [0.1, 0.15) is 77.6 Å². The van der Waals surface area contributed by atoms with Crippen LogP contribution in [0.2, 0.25) is 0 Å².